The van der Waals surface area contributed by atoms with Gasteiger partial charge in [0, 0.05) is 5.02 Å². The average Bonchev–Trinajstić information content (AvgIpc) is 2.16. The molecule has 14 heavy (non-hydrogen) atoms. The van der Waals surface area contributed by atoms with E-state index in [1.807, 2.05) is 5.48 Å². The van der Waals surface area contributed by atoms with E-state index in [1.165, 1.54) is 17.6 Å². The van der Waals surface area contributed by atoms with E-state index in [0.29, 0.717) is 5.02 Å². The van der Waals surface area contributed by atoms with Gasteiger partial charge in [-0.25, -0.2) is 10.3 Å². The molecule has 0 saturated carbocycles. The number of benzene rings is 1. The smallest absolute Gasteiger partial charge is 0.371 e. The van der Waals surface area contributed by atoms with Gasteiger partial charge in [-0.3, -0.25) is 5.21 Å². The third-order valence-electron chi connectivity index (χ3n) is 1.25. The van der Waals surface area contributed by atoms with E-state index in [4.69, 9.17) is 33.2 Å². The van der Waals surface area contributed by atoms with Crippen LogP contribution >= 0.6 is 23.2 Å². The molecule has 2 amide bonds. The van der Waals surface area contributed by atoms with Crippen molar-refractivity contribution in [2.75, 3.05) is 0 Å². The Kier molecular flexibility index (Phi) is 3.82. The summed E-state index contributed by atoms with van der Waals surface area (Å²) in [5.74, 6) is 0.222. The largest absolute Gasteiger partial charge is 0.376 e. The fourth-order valence-corrected chi connectivity index (χ4v) is 1.13. The van der Waals surface area contributed by atoms with Crippen LogP contribution in [-0.4, -0.2) is 11.2 Å². The zero-order chi connectivity index (χ0) is 10.6. The predicted octanol–water partition coefficient (Wildman–Crippen LogP) is 1.98. The van der Waals surface area contributed by atoms with Gasteiger partial charge in [-0.05, 0) is 18.2 Å². The number of hydrogen-bond donors (Lipinski definition) is 3. The van der Waals surface area contributed by atoms with Crippen LogP contribution in [0.1, 0.15) is 0 Å². The van der Waals surface area contributed by atoms with Gasteiger partial charge in [-0.1, -0.05) is 23.2 Å². The number of amides is 2. The molecule has 0 fully saturated rings. The molecule has 0 bridgehead atoms. The maximum Gasteiger partial charge on any atom is 0.371 e. The molecule has 0 aromatic heterocycles. The van der Waals surface area contributed by atoms with Crippen molar-refractivity contribution in [3.8, 4) is 5.75 Å². The lowest BCUT2D eigenvalue weighted by molar-refractivity contribution is 0.124. The molecule has 76 valence electrons. The van der Waals surface area contributed by atoms with Crippen LogP contribution in [0.4, 0.5) is 4.79 Å². The molecule has 1 aromatic carbocycles. The van der Waals surface area contributed by atoms with E-state index in [2.05, 4.69) is 0 Å². The van der Waals surface area contributed by atoms with Crippen LogP contribution in [0.5, 0.6) is 5.75 Å². The number of rotatable bonds is 2. The average molecular weight is 237 g/mol. The lowest BCUT2D eigenvalue weighted by Crippen LogP contribution is -2.35. The SMILES string of the molecule is O=C(NO)NOc1ccc(Cl)cc1Cl. The van der Waals surface area contributed by atoms with Gasteiger partial charge in [0.1, 0.15) is 0 Å². The quantitative estimate of drug-likeness (QED) is 0.544. The first kappa shape index (κ1) is 10.9. The molecule has 1 rings (SSSR count). The molecule has 0 unspecified atom stereocenters. The molecule has 0 spiro atoms. The van der Waals surface area contributed by atoms with Crippen LogP contribution in [0.3, 0.4) is 0 Å². The number of carbonyl (C=O) groups is 1. The van der Waals surface area contributed by atoms with E-state index in [0.717, 1.165) is 0 Å². The zero-order valence-corrected chi connectivity index (χ0v) is 8.26. The van der Waals surface area contributed by atoms with Crippen molar-refractivity contribution in [2.24, 2.45) is 0 Å². The first-order chi connectivity index (χ1) is 6.63. The number of halogens is 2. The van der Waals surface area contributed by atoms with Crippen molar-refractivity contribution in [2.45, 2.75) is 0 Å². The summed E-state index contributed by atoms with van der Waals surface area (Å²) in [5, 5.41) is 8.83. The normalized spacial score (nSPS) is 9.36. The minimum absolute atomic E-state index is 0.222. The molecule has 0 aliphatic carbocycles. The third-order valence-corrected chi connectivity index (χ3v) is 1.78. The second-order valence-corrected chi connectivity index (χ2v) is 3.06. The van der Waals surface area contributed by atoms with Gasteiger partial charge in [-0.2, -0.15) is 5.48 Å². The van der Waals surface area contributed by atoms with Gasteiger partial charge in [0.15, 0.2) is 5.75 Å². The number of hydrogen-bond acceptors (Lipinski definition) is 3. The highest BCUT2D eigenvalue weighted by Gasteiger charge is 2.04. The van der Waals surface area contributed by atoms with E-state index >= 15 is 0 Å². The first-order valence-corrected chi connectivity index (χ1v) is 4.21. The van der Waals surface area contributed by atoms with Crippen LogP contribution in [-0.2, 0) is 0 Å². The van der Waals surface area contributed by atoms with Crippen molar-refractivity contribution < 1.29 is 14.8 Å². The van der Waals surface area contributed by atoms with Gasteiger partial charge in [0.05, 0.1) is 5.02 Å². The minimum atomic E-state index is -0.906. The molecule has 0 heterocycles. The van der Waals surface area contributed by atoms with Gasteiger partial charge < -0.3 is 4.84 Å². The highest BCUT2D eigenvalue weighted by atomic mass is 35.5. The molecular weight excluding hydrogens is 231 g/mol. The summed E-state index contributed by atoms with van der Waals surface area (Å²) in [6.45, 7) is 0. The number of carbonyl (C=O) groups excluding carboxylic acids is 1. The van der Waals surface area contributed by atoms with Crippen molar-refractivity contribution in [1.82, 2.24) is 11.0 Å². The molecule has 0 saturated heterocycles. The zero-order valence-electron chi connectivity index (χ0n) is 6.75. The van der Waals surface area contributed by atoms with Crippen LogP contribution in [0.25, 0.3) is 0 Å². The van der Waals surface area contributed by atoms with Gasteiger partial charge in [0.25, 0.3) is 0 Å². The Morgan fingerprint density at radius 3 is 2.71 bits per heavy atom. The lowest BCUT2D eigenvalue weighted by Gasteiger charge is -2.06. The van der Waals surface area contributed by atoms with Gasteiger partial charge in [0.2, 0.25) is 0 Å². The topological polar surface area (TPSA) is 70.6 Å². The van der Waals surface area contributed by atoms with Crippen molar-refractivity contribution in [3.63, 3.8) is 0 Å². The van der Waals surface area contributed by atoms with Crippen LogP contribution < -0.4 is 15.8 Å². The van der Waals surface area contributed by atoms with Gasteiger partial charge >= 0.3 is 6.03 Å². The molecular formula is C7H6Cl2N2O3. The molecule has 1 aromatic rings. The van der Waals surface area contributed by atoms with E-state index in [9.17, 15) is 4.79 Å². The summed E-state index contributed by atoms with van der Waals surface area (Å²) in [5.41, 5.74) is 3.20. The standard InChI is InChI=1S/C7H6Cl2N2O3/c8-4-1-2-6(5(9)3-4)14-11-7(12)10-13/h1-3,13H,(H2,10,11,12). The van der Waals surface area contributed by atoms with E-state index in [1.54, 1.807) is 6.07 Å². The molecule has 5 nitrogen and oxygen atoms in total. The summed E-state index contributed by atoms with van der Waals surface area (Å²) >= 11 is 11.3. The summed E-state index contributed by atoms with van der Waals surface area (Å²) in [7, 11) is 0. The minimum Gasteiger partial charge on any atom is -0.376 e. The molecule has 3 N–H and O–H groups in total. The Hall–Kier alpha value is -1.17. The fraction of sp³-hybridized carbons (Fsp3) is 0. The second kappa shape index (κ2) is 4.90. The Bertz CT molecular complexity index is 346. The van der Waals surface area contributed by atoms with Crippen molar-refractivity contribution >= 4 is 29.2 Å². The van der Waals surface area contributed by atoms with Crippen LogP contribution in [0.15, 0.2) is 18.2 Å². The maximum atomic E-state index is 10.5. The highest BCUT2D eigenvalue weighted by Crippen LogP contribution is 2.26. The third kappa shape index (κ3) is 2.95. The first-order valence-electron chi connectivity index (χ1n) is 3.45. The summed E-state index contributed by atoms with van der Waals surface area (Å²) in [6.07, 6.45) is 0. The summed E-state index contributed by atoms with van der Waals surface area (Å²) in [4.78, 5) is 15.2. The Labute approximate surface area is 89.5 Å². The van der Waals surface area contributed by atoms with Crippen LogP contribution in [0.2, 0.25) is 10.0 Å². The predicted molar refractivity (Wildman–Crippen MR) is 50.5 cm³/mol. The monoisotopic (exact) mass is 236 g/mol. The molecule has 0 radical (unpaired) electrons. The molecule has 0 atom stereocenters. The van der Waals surface area contributed by atoms with Gasteiger partial charge in [-0.15, -0.1) is 0 Å². The lowest BCUT2D eigenvalue weighted by atomic mass is 10.3. The van der Waals surface area contributed by atoms with Crippen molar-refractivity contribution in [1.29, 1.82) is 0 Å². The number of hydroxylamine groups is 2. The maximum absolute atomic E-state index is 10.5. The Morgan fingerprint density at radius 2 is 2.14 bits per heavy atom. The molecule has 7 heteroatoms. The summed E-state index contributed by atoms with van der Waals surface area (Å²) in [6, 6.07) is 3.57. The van der Waals surface area contributed by atoms with Crippen molar-refractivity contribution in [3.05, 3.63) is 28.2 Å². The van der Waals surface area contributed by atoms with Crippen LogP contribution in [0, 0.1) is 0 Å². The summed E-state index contributed by atoms with van der Waals surface area (Å²) < 4.78 is 0. The van der Waals surface area contributed by atoms with E-state index < -0.39 is 6.03 Å². The Balaban J connectivity index is 2.63. The fourth-order valence-electron chi connectivity index (χ4n) is 0.682. The highest BCUT2D eigenvalue weighted by molar-refractivity contribution is 6.35. The second-order valence-electron chi connectivity index (χ2n) is 2.22. The number of nitrogens with one attached hydrogen (secondary N) is 2. The molecule has 0 aliphatic rings. The molecule has 0 aliphatic heterocycles. The number of urea groups is 1. The van der Waals surface area contributed by atoms with E-state index in [-0.39, 0.29) is 10.8 Å². The Morgan fingerprint density at radius 1 is 1.43 bits per heavy atom.